The predicted molar refractivity (Wildman–Crippen MR) is 59.8 cm³/mol. The molecule has 3 rings (SSSR count). The maximum absolute atomic E-state index is 5.40. The van der Waals surface area contributed by atoms with E-state index in [4.69, 9.17) is 4.74 Å². The van der Waals surface area contributed by atoms with Crippen LogP contribution in [-0.2, 0) is 4.74 Å². The molecule has 3 heteroatoms. The van der Waals surface area contributed by atoms with Gasteiger partial charge >= 0.3 is 0 Å². The van der Waals surface area contributed by atoms with E-state index in [1.165, 1.54) is 38.9 Å². The van der Waals surface area contributed by atoms with Gasteiger partial charge in [0.05, 0.1) is 6.61 Å². The number of hydrogen-bond donors (Lipinski definition) is 2. The van der Waals surface area contributed by atoms with Crippen molar-refractivity contribution in [1.29, 1.82) is 0 Å². The minimum absolute atomic E-state index is 0.781. The van der Waals surface area contributed by atoms with Gasteiger partial charge in [0.2, 0.25) is 0 Å². The fourth-order valence-corrected chi connectivity index (χ4v) is 3.41. The average Bonchev–Trinajstić information content (AvgIpc) is 2.91. The third kappa shape index (κ3) is 2.19. The molecule has 86 valence electrons. The molecule has 0 amide bonds. The van der Waals surface area contributed by atoms with Gasteiger partial charge in [0.15, 0.2) is 0 Å². The molecule has 0 bridgehead atoms. The highest BCUT2D eigenvalue weighted by Crippen LogP contribution is 2.34. The van der Waals surface area contributed by atoms with Gasteiger partial charge in [0.1, 0.15) is 0 Å². The van der Waals surface area contributed by atoms with Gasteiger partial charge < -0.3 is 15.4 Å². The van der Waals surface area contributed by atoms with E-state index in [0.717, 1.165) is 37.0 Å². The monoisotopic (exact) mass is 210 g/mol. The van der Waals surface area contributed by atoms with Crippen LogP contribution in [0.5, 0.6) is 0 Å². The molecule has 0 aromatic carbocycles. The van der Waals surface area contributed by atoms with Crippen LogP contribution >= 0.6 is 0 Å². The summed E-state index contributed by atoms with van der Waals surface area (Å²) in [6, 6.07) is 0.794. The molecule has 3 nitrogen and oxygen atoms in total. The van der Waals surface area contributed by atoms with Crippen LogP contribution in [0, 0.1) is 17.8 Å². The van der Waals surface area contributed by atoms with E-state index >= 15 is 0 Å². The molecule has 1 saturated carbocycles. The van der Waals surface area contributed by atoms with Crippen LogP contribution in [-0.4, -0.2) is 38.9 Å². The van der Waals surface area contributed by atoms with E-state index in [2.05, 4.69) is 10.6 Å². The predicted octanol–water partition coefficient (Wildman–Crippen LogP) is 0.610. The number of hydrogen-bond acceptors (Lipinski definition) is 3. The fourth-order valence-electron chi connectivity index (χ4n) is 3.41. The zero-order valence-electron chi connectivity index (χ0n) is 9.37. The number of rotatable bonds is 3. The molecule has 0 radical (unpaired) electrons. The first-order valence-electron chi connectivity index (χ1n) is 6.43. The van der Waals surface area contributed by atoms with Gasteiger partial charge in [-0.25, -0.2) is 0 Å². The summed E-state index contributed by atoms with van der Waals surface area (Å²) >= 11 is 0. The van der Waals surface area contributed by atoms with Crippen molar-refractivity contribution < 1.29 is 4.74 Å². The van der Waals surface area contributed by atoms with Gasteiger partial charge in [0.25, 0.3) is 0 Å². The Bertz CT molecular complexity index is 204. The lowest BCUT2D eigenvalue weighted by molar-refractivity contribution is 0.184. The number of fused-ring (bicyclic) bond motifs is 1. The van der Waals surface area contributed by atoms with Crippen molar-refractivity contribution in [3.63, 3.8) is 0 Å². The highest BCUT2D eigenvalue weighted by atomic mass is 16.5. The van der Waals surface area contributed by atoms with Gasteiger partial charge in [-0.05, 0) is 50.1 Å². The summed E-state index contributed by atoms with van der Waals surface area (Å²) in [5.74, 6) is 2.70. The molecule has 2 saturated heterocycles. The number of nitrogens with one attached hydrogen (secondary N) is 2. The molecule has 0 spiro atoms. The second kappa shape index (κ2) is 4.40. The Morgan fingerprint density at radius 2 is 2.00 bits per heavy atom. The Morgan fingerprint density at radius 3 is 2.67 bits per heavy atom. The van der Waals surface area contributed by atoms with Crippen molar-refractivity contribution in [2.45, 2.75) is 25.3 Å². The third-order valence-corrected chi connectivity index (χ3v) is 4.37. The molecule has 3 fully saturated rings. The Hall–Kier alpha value is -0.120. The SMILES string of the molecule is C1C[C@@H](CNC2C[C@H]3CNC[C@H]3C2)CO1. The van der Waals surface area contributed by atoms with E-state index in [1.54, 1.807) is 0 Å². The van der Waals surface area contributed by atoms with Crippen molar-refractivity contribution in [2.75, 3.05) is 32.8 Å². The molecule has 1 aliphatic carbocycles. The van der Waals surface area contributed by atoms with Crippen LogP contribution in [0.3, 0.4) is 0 Å². The summed E-state index contributed by atoms with van der Waals surface area (Å²) in [6.07, 6.45) is 4.05. The Kier molecular flexibility index (Phi) is 2.95. The van der Waals surface area contributed by atoms with Crippen molar-refractivity contribution >= 4 is 0 Å². The molecule has 2 aliphatic heterocycles. The van der Waals surface area contributed by atoms with Crippen molar-refractivity contribution in [1.82, 2.24) is 10.6 Å². The average molecular weight is 210 g/mol. The van der Waals surface area contributed by atoms with Crippen LogP contribution < -0.4 is 10.6 Å². The first kappa shape index (κ1) is 10.1. The van der Waals surface area contributed by atoms with Gasteiger partial charge in [-0.1, -0.05) is 0 Å². The minimum Gasteiger partial charge on any atom is -0.381 e. The first-order chi connectivity index (χ1) is 7.42. The van der Waals surface area contributed by atoms with Gasteiger partial charge in [-0.2, -0.15) is 0 Å². The molecule has 15 heavy (non-hydrogen) atoms. The lowest BCUT2D eigenvalue weighted by Gasteiger charge is -2.16. The fraction of sp³-hybridized carbons (Fsp3) is 1.00. The van der Waals surface area contributed by atoms with Crippen molar-refractivity contribution in [2.24, 2.45) is 17.8 Å². The second-order valence-corrected chi connectivity index (χ2v) is 5.48. The lowest BCUT2D eigenvalue weighted by Crippen LogP contribution is -2.33. The van der Waals surface area contributed by atoms with Gasteiger partial charge in [-0.15, -0.1) is 0 Å². The van der Waals surface area contributed by atoms with Crippen LogP contribution in [0.25, 0.3) is 0 Å². The largest absolute Gasteiger partial charge is 0.381 e. The topological polar surface area (TPSA) is 33.3 Å². The van der Waals surface area contributed by atoms with E-state index in [1.807, 2.05) is 0 Å². The maximum atomic E-state index is 5.40. The molecule has 2 N–H and O–H groups in total. The normalized spacial score (nSPS) is 44.8. The summed E-state index contributed by atoms with van der Waals surface area (Å²) in [5.41, 5.74) is 0. The first-order valence-corrected chi connectivity index (χ1v) is 6.43. The minimum atomic E-state index is 0.781. The van der Waals surface area contributed by atoms with Crippen molar-refractivity contribution in [3.05, 3.63) is 0 Å². The zero-order chi connectivity index (χ0) is 10.1. The summed E-state index contributed by atoms with van der Waals surface area (Å²) in [7, 11) is 0. The highest BCUT2D eigenvalue weighted by molar-refractivity contribution is 4.93. The molecule has 0 aromatic heterocycles. The van der Waals surface area contributed by atoms with E-state index in [-0.39, 0.29) is 0 Å². The van der Waals surface area contributed by atoms with Gasteiger partial charge in [0, 0.05) is 19.2 Å². The van der Waals surface area contributed by atoms with Crippen LogP contribution in [0.1, 0.15) is 19.3 Å². The Balaban J connectivity index is 1.41. The third-order valence-electron chi connectivity index (χ3n) is 4.37. The molecular formula is C12H22N2O. The molecule has 0 aromatic rings. The summed E-state index contributed by atoms with van der Waals surface area (Å²) in [6.45, 7) is 5.66. The van der Waals surface area contributed by atoms with E-state index < -0.39 is 0 Å². The van der Waals surface area contributed by atoms with Crippen LogP contribution in [0.15, 0.2) is 0 Å². The van der Waals surface area contributed by atoms with Crippen molar-refractivity contribution in [3.8, 4) is 0 Å². The summed E-state index contributed by atoms with van der Waals surface area (Å²) in [4.78, 5) is 0. The van der Waals surface area contributed by atoms with Crippen LogP contribution in [0.4, 0.5) is 0 Å². The Labute approximate surface area is 91.9 Å². The summed E-state index contributed by atoms with van der Waals surface area (Å²) < 4.78 is 5.40. The molecule has 2 heterocycles. The maximum Gasteiger partial charge on any atom is 0.0507 e. The molecule has 4 atom stereocenters. The molecule has 1 unspecified atom stereocenters. The Morgan fingerprint density at radius 1 is 1.20 bits per heavy atom. The quantitative estimate of drug-likeness (QED) is 0.716. The number of ether oxygens (including phenoxy) is 1. The standard InChI is InChI=1S/C12H22N2O/c1-2-15-8-9(1)5-14-12-3-10-6-13-7-11(10)4-12/h9-14H,1-8H2/t9-,10-,11+,12?/m0/s1. The van der Waals surface area contributed by atoms with E-state index in [0.29, 0.717) is 0 Å². The molecule has 3 aliphatic rings. The smallest absolute Gasteiger partial charge is 0.0507 e. The zero-order valence-corrected chi connectivity index (χ0v) is 9.37. The highest BCUT2D eigenvalue weighted by Gasteiger charge is 2.37. The summed E-state index contributed by atoms with van der Waals surface area (Å²) in [5, 5.41) is 7.24. The van der Waals surface area contributed by atoms with Crippen LogP contribution in [0.2, 0.25) is 0 Å². The van der Waals surface area contributed by atoms with E-state index in [9.17, 15) is 0 Å². The molecular weight excluding hydrogens is 188 g/mol. The second-order valence-electron chi connectivity index (χ2n) is 5.48. The van der Waals surface area contributed by atoms with Gasteiger partial charge in [-0.3, -0.25) is 0 Å². The lowest BCUT2D eigenvalue weighted by atomic mass is 10.0.